The fourth-order valence-corrected chi connectivity index (χ4v) is 2.81. The van der Waals surface area contributed by atoms with Crippen LogP contribution in [0.2, 0.25) is 0 Å². The number of nitro groups is 1. The van der Waals surface area contributed by atoms with Gasteiger partial charge in [0, 0.05) is 24.7 Å². The highest BCUT2D eigenvalue weighted by molar-refractivity contribution is 7.89. The van der Waals surface area contributed by atoms with Gasteiger partial charge in [0.2, 0.25) is 15.9 Å². The number of benzene rings is 1. The van der Waals surface area contributed by atoms with Gasteiger partial charge in [-0.3, -0.25) is 10.1 Å². The zero-order valence-corrected chi connectivity index (χ0v) is 11.4. The van der Waals surface area contributed by atoms with Crippen LogP contribution in [0.3, 0.4) is 0 Å². The van der Waals surface area contributed by atoms with E-state index in [1.165, 1.54) is 12.4 Å². The summed E-state index contributed by atoms with van der Waals surface area (Å²) in [5.41, 5.74) is 5.04. The van der Waals surface area contributed by atoms with Crippen LogP contribution >= 0.6 is 0 Å². The molecule has 21 heavy (non-hydrogen) atoms. The number of hydrogen-bond donors (Lipinski definition) is 2. The van der Waals surface area contributed by atoms with E-state index in [-0.39, 0.29) is 24.5 Å². The zero-order chi connectivity index (χ0) is 15.5. The number of hydrogen-bond acceptors (Lipinski definition) is 8. The monoisotopic (exact) mass is 313 g/mol. The smallest absolute Gasteiger partial charge is 0.289 e. The minimum absolute atomic E-state index is 0.0452. The molecule has 11 heteroatoms. The van der Waals surface area contributed by atoms with Crippen molar-refractivity contribution in [3.8, 4) is 0 Å². The van der Waals surface area contributed by atoms with Crippen LogP contribution in [-0.4, -0.2) is 30.0 Å². The molecule has 0 aliphatic rings. The average Bonchev–Trinajstić information content (AvgIpc) is 2.91. The number of anilines is 1. The minimum Gasteiger partial charge on any atom is -0.399 e. The van der Waals surface area contributed by atoms with Crippen molar-refractivity contribution in [1.29, 1.82) is 0 Å². The number of nitrogens with one attached hydrogen (secondary N) is 1. The Labute approximate surface area is 119 Å². The molecule has 2 rings (SSSR count). The quantitative estimate of drug-likeness (QED) is 0.431. The van der Waals surface area contributed by atoms with Crippen LogP contribution < -0.4 is 10.5 Å². The maximum Gasteiger partial charge on any atom is 0.289 e. The molecule has 1 heterocycles. The van der Waals surface area contributed by atoms with Crippen molar-refractivity contribution in [2.45, 2.75) is 11.3 Å². The number of aromatic nitrogens is 2. The van der Waals surface area contributed by atoms with Gasteiger partial charge >= 0.3 is 0 Å². The first-order chi connectivity index (χ1) is 9.90. The van der Waals surface area contributed by atoms with Crippen molar-refractivity contribution in [2.24, 2.45) is 0 Å². The van der Waals surface area contributed by atoms with Gasteiger partial charge in [0.15, 0.2) is 11.2 Å². The van der Waals surface area contributed by atoms with Crippen LogP contribution in [0.25, 0.3) is 0 Å². The van der Waals surface area contributed by atoms with Gasteiger partial charge in [-0.25, -0.2) is 13.1 Å². The predicted molar refractivity (Wildman–Crippen MR) is 70.7 cm³/mol. The highest BCUT2D eigenvalue weighted by atomic mass is 32.2. The molecule has 0 spiro atoms. The molecule has 0 radical (unpaired) electrons. The molecule has 0 unspecified atom stereocenters. The molecule has 2 aromatic rings. The third-order valence-electron chi connectivity index (χ3n) is 2.51. The Bertz CT molecular complexity index is 743. The van der Waals surface area contributed by atoms with Crippen molar-refractivity contribution >= 4 is 21.4 Å². The molecule has 1 aromatic heterocycles. The lowest BCUT2D eigenvalue weighted by molar-refractivity contribution is -0.387. The fraction of sp³-hybridized carbons (Fsp3) is 0.200. The SMILES string of the molecule is Nc1ccc([N+](=O)[O-])c(S(=O)(=O)NCCc2ncno2)c1. The Kier molecular flexibility index (Phi) is 4.14. The first-order valence-electron chi connectivity index (χ1n) is 5.69. The van der Waals surface area contributed by atoms with Crippen LogP contribution in [0.5, 0.6) is 0 Å². The van der Waals surface area contributed by atoms with Gasteiger partial charge in [-0.2, -0.15) is 4.98 Å². The maximum absolute atomic E-state index is 12.1. The van der Waals surface area contributed by atoms with Gasteiger partial charge < -0.3 is 10.3 Å². The highest BCUT2D eigenvalue weighted by Crippen LogP contribution is 2.25. The summed E-state index contributed by atoms with van der Waals surface area (Å²) in [5, 5.41) is 14.3. The van der Waals surface area contributed by atoms with Gasteiger partial charge in [-0.15, -0.1) is 0 Å². The Morgan fingerprint density at radius 2 is 2.19 bits per heavy atom. The van der Waals surface area contributed by atoms with E-state index in [4.69, 9.17) is 10.3 Å². The van der Waals surface area contributed by atoms with Crippen LogP contribution in [0, 0.1) is 10.1 Å². The first-order valence-corrected chi connectivity index (χ1v) is 7.17. The number of nitrogens with zero attached hydrogens (tertiary/aromatic N) is 3. The second-order valence-electron chi connectivity index (χ2n) is 3.97. The third kappa shape index (κ3) is 3.52. The van der Waals surface area contributed by atoms with Gasteiger partial charge in [-0.1, -0.05) is 5.16 Å². The van der Waals surface area contributed by atoms with E-state index in [1.807, 2.05) is 0 Å². The topological polar surface area (TPSA) is 154 Å². The second kappa shape index (κ2) is 5.85. The van der Waals surface area contributed by atoms with E-state index in [1.54, 1.807) is 0 Å². The number of sulfonamides is 1. The van der Waals surface area contributed by atoms with Gasteiger partial charge in [0.25, 0.3) is 5.69 Å². The highest BCUT2D eigenvalue weighted by Gasteiger charge is 2.25. The summed E-state index contributed by atoms with van der Waals surface area (Å²) in [5.74, 6) is 0.250. The molecular formula is C10H11N5O5S. The van der Waals surface area contributed by atoms with Crippen molar-refractivity contribution in [3.63, 3.8) is 0 Å². The zero-order valence-electron chi connectivity index (χ0n) is 10.6. The lowest BCUT2D eigenvalue weighted by Crippen LogP contribution is -2.26. The average molecular weight is 313 g/mol. The number of rotatable bonds is 6. The van der Waals surface area contributed by atoms with Crippen LogP contribution in [0.4, 0.5) is 11.4 Å². The first kappa shape index (κ1) is 14.9. The Morgan fingerprint density at radius 1 is 1.43 bits per heavy atom. The standard InChI is InChI=1S/C10H11N5O5S/c11-7-1-2-8(15(16)17)9(5-7)21(18,19)14-4-3-10-12-6-13-20-10/h1-2,5-6,14H,3-4,11H2. The summed E-state index contributed by atoms with van der Waals surface area (Å²) in [4.78, 5) is 13.3. The summed E-state index contributed by atoms with van der Waals surface area (Å²) < 4.78 is 31.1. The van der Waals surface area contributed by atoms with Crippen molar-refractivity contribution < 1.29 is 17.9 Å². The van der Waals surface area contributed by atoms with Crippen molar-refractivity contribution in [2.75, 3.05) is 12.3 Å². The number of nitrogens with two attached hydrogens (primary N) is 1. The van der Waals surface area contributed by atoms with E-state index in [9.17, 15) is 18.5 Å². The Morgan fingerprint density at radius 3 is 2.81 bits per heavy atom. The van der Waals surface area contributed by atoms with Crippen molar-refractivity contribution in [3.05, 3.63) is 40.5 Å². The Balaban J connectivity index is 2.19. The van der Waals surface area contributed by atoms with Gasteiger partial charge in [0.1, 0.15) is 0 Å². The largest absolute Gasteiger partial charge is 0.399 e. The normalized spacial score (nSPS) is 11.4. The molecule has 0 saturated heterocycles. The van der Waals surface area contributed by atoms with Crippen LogP contribution in [0.15, 0.2) is 33.9 Å². The van der Waals surface area contributed by atoms with Gasteiger partial charge in [0.05, 0.1) is 4.92 Å². The molecule has 0 amide bonds. The predicted octanol–water partition coefficient (Wildman–Crippen LogP) is 0.0810. The van der Waals surface area contributed by atoms with Crippen molar-refractivity contribution in [1.82, 2.24) is 14.9 Å². The molecule has 0 saturated carbocycles. The summed E-state index contributed by atoms with van der Waals surface area (Å²) in [6.45, 7) is -0.0452. The molecule has 0 atom stereocenters. The lowest BCUT2D eigenvalue weighted by Gasteiger charge is -2.07. The van der Waals surface area contributed by atoms with E-state index < -0.39 is 25.5 Å². The molecule has 1 aromatic carbocycles. The third-order valence-corrected chi connectivity index (χ3v) is 4.00. The summed E-state index contributed by atoms with van der Waals surface area (Å²) in [6.07, 6.45) is 1.35. The number of nitro benzene ring substituents is 1. The fourth-order valence-electron chi connectivity index (χ4n) is 1.57. The summed E-state index contributed by atoms with van der Waals surface area (Å²) >= 11 is 0. The minimum atomic E-state index is -4.07. The summed E-state index contributed by atoms with van der Waals surface area (Å²) in [6, 6.07) is 3.34. The van der Waals surface area contributed by atoms with E-state index in [0.29, 0.717) is 0 Å². The second-order valence-corrected chi connectivity index (χ2v) is 5.70. The molecule has 0 aliphatic carbocycles. The maximum atomic E-state index is 12.1. The molecule has 0 fully saturated rings. The van der Waals surface area contributed by atoms with Crippen LogP contribution in [-0.2, 0) is 16.4 Å². The van der Waals surface area contributed by atoms with E-state index >= 15 is 0 Å². The summed E-state index contributed by atoms with van der Waals surface area (Å²) in [7, 11) is -4.07. The lowest BCUT2D eigenvalue weighted by atomic mass is 10.3. The van der Waals surface area contributed by atoms with Crippen LogP contribution in [0.1, 0.15) is 5.89 Å². The molecule has 112 valence electrons. The molecular weight excluding hydrogens is 302 g/mol. The van der Waals surface area contributed by atoms with E-state index in [0.717, 1.165) is 12.1 Å². The molecule has 0 bridgehead atoms. The van der Waals surface area contributed by atoms with Gasteiger partial charge in [-0.05, 0) is 12.1 Å². The number of nitrogen functional groups attached to an aromatic ring is 1. The molecule has 0 aliphatic heterocycles. The molecule has 10 nitrogen and oxygen atoms in total. The molecule has 3 N–H and O–H groups in total. The van der Waals surface area contributed by atoms with E-state index in [2.05, 4.69) is 14.9 Å². The Hall–Kier alpha value is -2.53.